The third-order valence-electron chi connectivity index (χ3n) is 13.2. The van der Waals surface area contributed by atoms with Crippen LogP contribution in [0.5, 0.6) is 34.5 Å². The van der Waals surface area contributed by atoms with Crippen LogP contribution in [0.3, 0.4) is 0 Å². The third-order valence-corrected chi connectivity index (χ3v) is 13.2. The van der Waals surface area contributed by atoms with E-state index in [1.54, 1.807) is 104 Å². The Hall–Kier alpha value is -10.6. The average molecular weight is 1020 g/mol. The van der Waals surface area contributed by atoms with Crippen molar-refractivity contribution in [3.05, 3.63) is 285 Å². The Morgan fingerprint density at radius 2 is 0.782 bits per heavy atom. The van der Waals surface area contributed by atoms with E-state index in [0.29, 0.717) is 56.0 Å². The lowest BCUT2D eigenvalue weighted by atomic mass is 9.82. The molecule has 9 heteroatoms. The first kappa shape index (κ1) is 50.9. The van der Waals surface area contributed by atoms with Gasteiger partial charge in [0.25, 0.3) is 0 Å². The predicted octanol–water partition coefficient (Wildman–Crippen LogP) is 12.7. The molecule has 0 fully saturated rings. The highest BCUT2D eigenvalue weighted by molar-refractivity contribution is 6.05. The van der Waals surface area contributed by atoms with Crippen molar-refractivity contribution in [2.75, 3.05) is 7.11 Å². The van der Waals surface area contributed by atoms with Crippen LogP contribution in [-0.4, -0.2) is 44.2 Å². The maximum atomic E-state index is 12.6. The van der Waals surface area contributed by atoms with Gasteiger partial charge in [-0.15, -0.1) is 0 Å². The molecule has 0 unspecified atom stereocenters. The van der Waals surface area contributed by atoms with Crippen LogP contribution in [0.4, 0.5) is 0 Å². The Kier molecular flexibility index (Phi) is 15.0. The standard InChI is InChI=1S/C69H48O9/c1-77-60-34-16-50(17-35-60)67(49-14-32-59(76)33-15-49)69-63(47-10-28-57(74)29-11-47)41-21-53(65(69)39-7-45-4-24-55(72)25-5-45)43-78-61-36-18-51(19-37-61)66(48-12-30-58(75)31-13-48)68-62(46-8-26-56(73)27-9-46)40-20-52(42-70)64(68)38-6-44-2-22-54(71)23-3-44/h2-5,8-37,40-41,70-74H,42-43H2,1H3. The molecule has 0 amide bonds. The number of aliphatic hydroxyl groups is 1. The number of hydrogen-bond acceptors (Lipinski definition) is 9. The zero-order valence-corrected chi connectivity index (χ0v) is 42.1. The molecule has 8 aromatic carbocycles. The van der Waals surface area contributed by atoms with Crippen molar-refractivity contribution in [3.8, 4) is 80.4 Å². The van der Waals surface area contributed by atoms with Gasteiger partial charge in [0.15, 0.2) is 11.6 Å². The van der Waals surface area contributed by atoms with Gasteiger partial charge < -0.3 is 35.0 Å². The number of ketones is 2. The van der Waals surface area contributed by atoms with Gasteiger partial charge >= 0.3 is 0 Å². The van der Waals surface area contributed by atoms with Crippen LogP contribution in [0.15, 0.2) is 230 Å². The molecule has 0 atom stereocenters. The number of allylic oxidation sites excluding steroid dienone is 10. The largest absolute Gasteiger partial charge is 0.508 e. The van der Waals surface area contributed by atoms with Crippen molar-refractivity contribution in [1.82, 2.24) is 0 Å². The number of hydrogen-bond donors (Lipinski definition) is 5. The van der Waals surface area contributed by atoms with Gasteiger partial charge in [-0.2, -0.15) is 0 Å². The van der Waals surface area contributed by atoms with Gasteiger partial charge in [0, 0.05) is 38.9 Å². The third kappa shape index (κ3) is 11.4. The fraction of sp³-hybridized carbons (Fsp3) is 0.0435. The molecule has 2 aliphatic rings. The van der Waals surface area contributed by atoms with E-state index in [1.807, 2.05) is 97.1 Å². The highest BCUT2D eigenvalue weighted by atomic mass is 16.5. The van der Waals surface area contributed by atoms with Gasteiger partial charge in [-0.25, -0.2) is 0 Å². The molecule has 0 spiro atoms. The number of benzene rings is 8. The first-order chi connectivity index (χ1) is 38.0. The number of phenols is 4. The van der Waals surface area contributed by atoms with E-state index in [-0.39, 0.29) is 47.8 Å². The molecule has 10 rings (SSSR count). The fourth-order valence-electron chi connectivity index (χ4n) is 9.26. The Bertz CT molecular complexity index is 3910. The summed E-state index contributed by atoms with van der Waals surface area (Å²) in [6.07, 6.45) is 13.2. The molecule has 378 valence electrons. The minimum Gasteiger partial charge on any atom is -0.508 e. The van der Waals surface area contributed by atoms with Gasteiger partial charge in [0.05, 0.1) is 13.7 Å². The first-order valence-corrected chi connectivity index (χ1v) is 24.8. The molecule has 0 saturated heterocycles. The maximum Gasteiger partial charge on any atom is 0.178 e. The number of methoxy groups -OCH3 is 1. The van der Waals surface area contributed by atoms with E-state index in [0.717, 1.165) is 55.7 Å². The van der Waals surface area contributed by atoms with Crippen LogP contribution in [0.2, 0.25) is 0 Å². The van der Waals surface area contributed by atoms with Crippen molar-refractivity contribution in [1.29, 1.82) is 0 Å². The van der Waals surface area contributed by atoms with Crippen molar-refractivity contribution < 1.29 is 44.6 Å². The number of phenolic OH excluding ortho intramolecular Hbond substituents is 4. The van der Waals surface area contributed by atoms with Crippen LogP contribution in [0, 0.1) is 23.7 Å². The number of rotatable bonds is 11. The number of aliphatic hydroxyl groups excluding tert-OH is 1. The summed E-state index contributed by atoms with van der Waals surface area (Å²) in [7, 11) is 1.61. The van der Waals surface area contributed by atoms with Gasteiger partial charge in [0.1, 0.15) is 41.1 Å². The second-order valence-corrected chi connectivity index (χ2v) is 18.2. The zero-order chi connectivity index (χ0) is 54.1. The summed E-state index contributed by atoms with van der Waals surface area (Å²) < 4.78 is 12.3. The van der Waals surface area contributed by atoms with Crippen LogP contribution in [0.25, 0.3) is 33.4 Å². The molecule has 0 radical (unpaired) electrons. The number of ether oxygens (including phenoxy) is 2. The molecule has 78 heavy (non-hydrogen) atoms. The number of aromatic hydroxyl groups is 4. The minimum atomic E-state index is -0.327. The van der Waals surface area contributed by atoms with Crippen LogP contribution < -0.4 is 9.47 Å². The fourth-order valence-corrected chi connectivity index (χ4v) is 9.26. The monoisotopic (exact) mass is 1020 g/mol. The van der Waals surface area contributed by atoms with Crippen molar-refractivity contribution in [3.63, 3.8) is 0 Å². The Labute approximate surface area is 451 Å². The lowest BCUT2D eigenvalue weighted by Gasteiger charge is -2.22. The summed E-state index contributed by atoms with van der Waals surface area (Å²) in [4.78, 5) is 25.3. The van der Waals surface area contributed by atoms with E-state index in [2.05, 4.69) is 23.7 Å². The SMILES string of the molecule is COc1ccc(C(=C2C=CC(=O)C=C2)c2c(-c3ccc(O)cc3)ccc(COc3ccc(C(=C4C=CC(=O)C=C4)c4c(-c5ccc(O)cc5)ccc(CO)c4C#Cc4ccc(O)cc4)cc3)c2C#Cc2ccc(O)cc2)cc1. The second-order valence-electron chi connectivity index (χ2n) is 18.2. The number of carbonyl (C=O) groups is 2. The van der Waals surface area contributed by atoms with E-state index in [9.17, 15) is 35.1 Å². The summed E-state index contributed by atoms with van der Waals surface area (Å²) in [5, 5.41) is 51.8. The summed E-state index contributed by atoms with van der Waals surface area (Å²) in [5.41, 5.74) is 12.8. The van der Waals surface area contributed by atoms with E-state index >= 15 is 0 Å². The lowest BCUT2D eigenvalue weighted by Crippen LogP contribution is -2.07. The number of carbonyl (C=O) groups excluding carboxylic acids is 2. The van der Waals surface area contributed by atoms with E-state index in [1.165, 1.54) is 24.3 Å². The highest BCUT2D eigenvalue weighted by Crippen LogP contribution is 2.43. The molecule has 0 aliphatic heterocycles. The molecule has 0 heterocycles. The molecule has 8 aromatic rings. The van der Waals surface area contributed by atoms with Crippen molar-refractivity contribution in [2.45, 2.75) is 13.2 Å². The molecular weight excluding hydrogens is 973 g/mol. The van der Waals surface area contributed by atoms with Crippen LogP contribution in [-0.2, 0) is 22.8 Å². The average Bonchev–Trinajstić information content (AvgIpc) is 3.59. The topological polar surface area (TPSA) is 154 Å². The lowest BCUT2D eigenvalue weighted by molar-refractivity contribution is -0.111. The molecular formula is C69H48O9. The van der Waals surface area contributed by atoms with Crippen LogP contribution in [0.1, 0.15) is 55.6 Å². The quantitative estimate of drug-likeness (QED) is 0.0797. The summed E-state index contributed by atoms with van der Waals surface area (Å²) in [6.45, 7) is -0.272. The molecule has 9 nitrogen and oxygen atoms in total. The Morgan fingerprint density at radius 1 is 0.410 bits per heavy atom. The van der Waals surface area contributed by atoms with Gasteiger partial charge in [-0.3, -0.25) is 9.59 Å². The molecule has 5 N–H and O–H groups in total. The second kappa shape index (κ2) is 22.9. The molecule has 0 aromatic heterocycles. The van der Waals surface area contributed by atoms with Crippen molar-refractivity contribution in [2.24, 2.45) is 0 Å². The van der Waals surface area contributed by atoms with E-state index < -0.39 is 0 Å². The predicted molar refractivity (Wildman–Crippen MR) is 304 cm³/mol. The first-order valence-electron chi connectivity index (χ1n) is 24.8. The minimum absolute atomic E-state index is 0.0548. The van der Waals surface area contributed by atoms with Gasteiger partial charge in [0.2, 0.25) is 0 Å². The van der Waals surface area contributed by atoms with E-state index in [4.69, 9.17) is 9.47 Å². The summed E-state index contributed by atoms with van der Waals surface area (Å²) in [6, 6.07) is 49.9. The summed E-state index contributed by atoms with van der Waals surface area (Å²) in [5.74, 6) is 14.7. The summed E-state index contributed by atoms with van der Waals surface area (Å²) >= 11 is 0. The maximum absolute atomic E-state index is 12.6. The highest BCUT2D eigenvalue weighted by Gasteiger charge is 2.24. The molecule has 0 bridgehead atoms. The zero-order valence-electron chi connectivity index (χ0n) is 42.1. The smallest absolute Gasteiger partial charge is 0.178 e. The molecule has 0 saturated carbocycles. The Morgan fingerprint density at radius 3 is 1.18 bits per heavy atom. The van der Waals surface area contributed by atoms with Crippen LogP contribution >= 0.6 is 0 Å². The van der Waals surface area contributed by atoms with Gasteiger partial charge in [-0.1, -0.05) is 121 Å². The van der Waals surface area contributed by atoms with Crippen molar-refractivity contribution >= 4 is 22.7 Å². The molecule has 2 aliphatic carbocycles. The normalized spacial score (nSPS) is 12.4. The Balaban J connectivity index is 1.13. The van der Waals surface area contributed by atoms with Gasteiger partial charge in [-0.05, 0) is 183 Å².